The van der Waals surface area contributed by atoms with Gasteiger partial charge < -0.3 is 9.47 Å². The first-order valence-electron chi connectivity index (χ1n) is 4.93. The van der Waals surface area contributed by atoms with E-state index in [-0.39, 0.29) is 0 Å². The van der Waals surface area contributed by atoms with Crippen molar-refractivity contribution in [1.82, 2.24) is 9.55 Å². The van der Waals surface area contributed by atoms with Gasteiger partial charge in [0.25, 0.3) is 0 Å². The van der Waals surface area contributed by atoms with Gasteiger partial charge in [0.05, 0.1) is 11.6 Å². The summed E-state index contributed by atoms with van der Waals surface area (Å²) in [6.45, 7) is 0. The molecule has 0 amide bonds. The van der Waals surface area contributed by atoms with Crippen LogP contribution in [0.3, 0.4) is 0 Å². The number of anilines is 2. The largest absolute Gasteiger partial charge is 0.320 e. The lowest BCUT2D eigenvalue weighted by Gasteiger charge is -2.18. The summed E-state index contributed by atoms with van der Waals surface area (Å²) < 4.78 is 1.94. The minimum atomic E-state index is 0.664. The summed E-state index contributed by atoms with van der Waals surface area (Å²) in [5.41, 5.74) is 1.67. The Morgan fingerprint density at radius 3 is 2.50 bits per heavy atom. The highest BCUT2D eigenvalue weighted by atomic mass is 15.3. The third kappa shape index (κ3) is 1.75. The van der Waals surface area contributed by atoms with E-state index in [2.05, 4.69) is 11.1 Å². The molecule has 0 aliphatic heterocycles. The molecule has 80 valence electrons. The summed E-state index contributed by atoms with van der Waals surface area (Å²) >= 11 is 0. The smallest absolute Gasteiger partial charge is 0.209 e. The standard InChI is InChI=1S/C12H12N4/c1-15-8-7-14-12(15)16(2)11-5-3-10(9-13)4-6-11/h3-8H,1-2H3. The van der Waals surface area contributed by atoms with Crippen molar-refractivity contribution < 1.29 is 0 Å². The van der Waals surface area contributed by atoms with E-state index in [0.29, 0.717) is 5.56 Å². The van der Waals surface area contributed by atoms with Crippen LogP contribution in [0.4, 0.5) is 11.6 Å². The molecule has 0 radical (unpaired) electrons. The average molecular weight is 212 g/mol. The van der Waals surface area contributed by atoms with E-state index in [4.69, 9.17) is 5.26 Å². The number of nitrogens with zero attached hydrogens (tertiary/aromatic N) is 4. The molecular formula is C12H12N4. The topological polar surface area (TPSA) is 44.9 Å². The molecule has 0 spiro atoms. The zero-order valence-electron chi connectivity index (χ0n) is 9.25. The van der Waals surface area contributed by atoms with Crippen molar-refractivity contribution in [3.05, 3.63) is 42.2 Å². The quantitative estimate of drug-likeness (QED) is 0.765. The molecule has 0 fully saturated rings. The summed E-state index contributed by atoms with van der Waals surface area (Å²) in [6.07, 6.45) is 3.66. The predicted molar refractivity (Wildman–Crippen MR) is 62.4 cm³/mol. The Hall–Kier alpha value is -2.28. The first-order valence-corrected chi connectivity index (χ1v) is 4.93. The summed E-state index contributed by atoms with van der Waals surface area (Å²) in [6, 6.07) is 9.52. The third-order valence-electron chi connectivity index (χ3n) is 2.48. The molecule has 1 aromatic heterocycles. The lowest BCUT2D eigenvalue weighted by molar-refractivity contribution is 0.884. The van der Waals surface area contributed by atoms with Crippen LogP contribution >= 0.6 is 0 Å². The number of aryl methyl sites for hydroxylation is 1. The minimum Gasteiger partial charge on any atom is -0.320 e. The van der Waals surface area contributed by atoms with Crippen LogP contribution in [0.25, 0.3) is 0 Å². The molecule has 0 saturated heterocycles. The maximum absolute atomic E-state index is 8.72. The Labute approximate surface area is 94.4 Å². The van der Waals surface area contributed by atoms with Gasteiger partial charge in [-0.15, -0.1) is 0 Å². The Morgan fingerprint density at radius 2 is 2.00 bits per heavy atom. The maximum Gasteiger partial charge on any atom is 0.209 e. The molecule has 16 heavy (non-hydrogen) atoms. The van der Waals surface area contributed by atoms with Crippen LogP contribution in [-0.4, -0.2) is 16.6 Å². The van der Waals surface area contributed by atoms with Crippen molar-refractivity contribution in [1.29, 1.82) is 5.26 Å². The van der Waals surface area contributed by atoms with Gasteiger partial charge in [-0.3, -0.25) is 0 Å². The average Bonchev–Trinajstić information content (AvgIpc) is 2.75. The van der Waals surface area contributed by atoms with Crippen molar-refractivity contribution in [3.63, 3.8) is 0 Å². The zero-order valence-corrected chi connectivity index (χ0v) is 9.25. The van der Waals surface area contributed by atoms with Gasteiger partial charge in [-0.05, 0) is 24.3 Å². The second kappa shape index (κ2) is 4.07. The molecular weight excluding hydrogens is 200 g/mol. The summed E-state index contributed by atoms with van der Waals surface area (Å²) in [5.74, 6) is 0.865. The maximum atomic E-state index is 8.72. The Bertz CT molecular complexity index is 519. The van der Waals surface area contributed by atoms with E-state index in [0.717, 1.165) is 11.6 Å². The minimum absolute atomic E-state index is 0.664. The number of hydrogen-bond donors (Lipinski definition) is 0. The number of imidazole rings is 1. The fraction of sp³-hybridized carbons (Fsp3) is 0.167. The van der Waals surface area contributed by atoms with Crippen molar-refractivity contribution in [3.8, 4) is 6.07 Å². The zero-order chi connectivity index (χ0) is 11.5. The Balaban J connectivity index is 2.31. The van der Waals surface area contributed by atoms with Gasteiger partial charge in [-0.2, -0.15) is 5.26 Å². The number of nitriles is 1. The van der Waals surface area contributed by atoms with Crippen LogP contribution < -0.4 is 4.90 Å². The second-order valence-electron chi connectivity index (χ2n) is 3.56. The first-order chi connectivity index (χ1) is 7.72. The molecule has 0 bridgehead atoms. The van der Waals surface area contributed by atoms with Gasteiger partial charge in [-0.1, -0.05) is 0 Å². The van der Waals surface area contributed by atoms with Crippen molar-refractivity contribution in [2.75, 3.05) is 11.9 Å². The number of benzene rings is 1. The molecule has 2 aromatic rings. The van der Waals surface area contributed by atoms with Crippen molar-refractivity contribution in [2.24, 2.45) is 7.05 Å². The van der Waals surface area contributed by atoms with Gasteiger partial charge in [0.2, 0.25) is 5.95 Å². The Morgan fingerprint density at radius 1 is 1.31 bits per heavy atom. The van der Waals surface area contributed by atoms with Gasteiger partial charge in [0, 0.05) is 32.2 Å². The molecule has 4 nitrogen and oxygen atoms in total. The Kier molecular flexibility index (Phi) is 2.61. The van der Waals surface area contributed by atoms with Crippen LogP contribution in [0.1, 0.15) is 5.56 Å². The fourth-order valence-corrected chi connectivity index (χ4v) is 1.56. The third-order valence-corrected chi connectivity index (χ3v) is 2.48. The van der Waals surface area contributed by atoms with E-state index < -0.39 is 0 Å². The fourth-order valence-electron chi connectivity index (χ4n) is 1.56. The molecule has 4 heteroatoms. The van der Waals surface area contributed by atoms with Crippen molar-refractivity contribution >= 4 is 11.6 Å². The molecule has 0 atom stereocenters. The normalized spacial score (nSPS) is 9.81. The van der Waals surface area contributed by atoms with Crippen LogP contribution in [0, 0.1) is 11.3 Å². The number of rotatable bonds is 2. The number of aromatic nitrogens is 2. The molecule has 1 aromatic carbocycles. The lowest BCUT2D eigenvalue weighted by Crippen LogP contribution is -2.13. The van der Waals surface area contributed by atoms with Crippen LogP contribution in [0.2, 0.25) is 0 Å². The molecule has 0 aliphatic rings. The van der Waals surface area contributed by atoms with Gasteiger partial charge >= 0.3 is 0 Å². The molecule has 1 heterocycles. The van der Waals surface area contributed by atoms with Crippen LogP contribution in [-0.2, 0) is 7.05 Å². The van der Waals surface area contributed by atoms with E-state index in [1.54, 1.807) is 18.3 Å². The van der Waals surface area contributed by atoms with Gasteiger partial charge in [0.15, 0.2) is 0 Å². The molecule has 0 unspecified atom stereocenters. The van der Waals surface area contributed by atoms with E-state index >= 15 is 0 Å². The van der Waals surface area contributed by atoms with Gasteiger partial charge in [0.1, 0.15) is 0 Å². The predicted octanol–water partition coefficient (Wildman–Crippen LogP) is 2.06. The molecule has 2 rings (SSSR count). The summed E-state index contributed by atoms with van der Waals surface area (Å²) in [4.78, 5) is 6.23. The second-order valence-corrected chi connectivity index (χ2v) is 3.56. The molecule has 0 N–H and O–H groups in total. The van der Waals surface area contributed by atoms with Crippen molar-refractivity contribution in [2.45, 2.75) is 0 Å². The highest BCUT2D eigenvalue weighted by Crippen LogP contribution is 2.21. The highest BCUT2D eigenvalue weighted by Gasteiger charge is 2.07. The SMILES string of the molecule is CN(c1ccc(C#N)cc1)c1nccn1C. The first kappa shape index (κ1) is 10.2. The lowest BCUT2D eigenvalue weighted by atomic mass is 10.2. The molecule has 0 aliphatic carbocycles. The monoisotopic (exact) mass is 212 g/mol. The van der Waals surface area contributed by atoms with E-state index in [1.165, 1.54) is 0 Å². The highest BCUT2D eigenvalue weighted by molar-refractivity contribution is 5.57. The summed E-state index contributed by atoms with van der Waals surface area (Å²) in [7, 11) is 3.90. The van der Waals surface area contributed by atoms with Crippen LogP contribution in [0.5, 0.6) is 0 Å². The van der Waals surface area contributed by atoms with E-state index in [9.17, 15) is 0 Å². The van der Waals surface area contributed by atoms with E-state index in [1.807, 2.05) is 41.9 Å². The van der Waals surface area contributed by atoms with Gasteiger partial charge in [-0.25, -0.2) is 4.98 Å². The number of hydrogen-bond acceptors (Lipinski definition) is 3. The molecule has 0 saturated carbocycles. The summed E-state index contributed by atoms with van der Waals surface area (Å²) in [5, 5.41) is 8.72. The van der Waals surface area contributed by atoms with Crippen LogP contribution in [0.15, 0.2) is 36.7 Å².